The van der Waals surface area contributed by atoms with Gasteiger partial charge in [-0.05, 0) is 61.5 Å². The molecule has 0 atom stereocenters. The first-order valence-electron chi connectivity index (χ1n) is 12.9. The Morgan fingerprint density at radius 1 is 1.06 bits per heavy atom. The average Bonchev–Trinajstić information content (AvgIpc) is 3.70. The van der Waals surface area contributed by atoms with E-state index < -0.39 is 11.2 Å². The van der Waals surface area contributed by atoms with E-state index in [9.17, 15) is 14.5 Å². The molecule has 3 aliphatic rings. The van der Waals surface area contributed by atoms with Crippen LogP contribution in [0.5, 0.6) is 0 Å². The molecular weight excluding hydrogens is 462 g/mol. The predicted molar refractivity (Wildman–Crippen MR) is 139 cm³/mol. The van der Waals surface area contributed by atoms with Gasteiger partial charge >= 0.3 is 0 Å². The van der Waals surface area contributed by atoms with Crippen LogP contribution < -0.4 is 10.9 Å². The Balaban J connectivity index is 1.42. The van der Waals surface area contributed by atoms with Gasteiger partial charge in [-0.3, -0.25) is 14.3 Å². The Labute approximate surface area is 207 Å². The molecule has 1 aromatic carbocycles. The molecule has 9 heteroatoms. The van der Waals surface area contributed by atoms with Gasteiger partial charge in [0.05, 0.1) is 6.10 Å². The Kier molecular flexibility index (Phi) is 6.43. The van der Waals surface area contributed by atoms with E-state index in [1.807, 2.05) is 22.9 Å². The molecule has 2 aliphatic carbocycles. The second-order valence-corrected chi connectivity index (χ2v) is 12.1. The van der Waals surface area contributed by atoms with Gasteiger partial charge in [0.1, 0.15) is 17.2 Å². The predicted octanol–water partition coefficient (Wildman–Crippen LogP) is 2.81. The summed E-state index contributed by atoms with van der Waals surface area (Å²) >= 11 is -0.704. The summed E-state index contributed by atoms with van der Waals surface area (Å²) in [6, 6.07) is 6.17. The number of aliphatic hydroxyl groups excluding tert-OH is 1. The van der Waals surface area contributed by atoms with Crippen molar-refractivity contribution in [2.75, 3.05) is 36.5 Å². The van der Waals surface area contributed by atoms with Crippen LogP contribution in [0.15, 0.2) is 29.2 Å². The van der Waals surface area contributed by atoms with Crippen LogP contribution in [0.25, 0.3) is 21.8 Å². The zero-order chi connectivity index (χ0) is 23.9. The van der Waals surface area contributed by atoms with Crippen LogP contribution in [-0.4, -0.2) is 66.3 Å². The van der Waals surface area contributed by atoms with Gasteiger partial charge in [0.15, 0.2) is 0 Å². The monoisotopic (exact) mass is 495 g/mol. The smallest absolute Gasteiger partial charge is 0.260 e. The Morgan fingerprint density at radius 3 is 2.57 bits per heavy atom. The molecule has 0 amide bonds. The minimum Gasteiger partial charge on any atom is -0.616 e. The van der Waals surface area contributed by atoms with Crippen molar-refractivity contribution in [1.82, 2.24) is 19.4 Å². The summed E-state index contributed by atoms with van der Waals surface area (Å²) in [6.45, 7) is 3.26. The number of rotatable bonds is 6. The van der Waals surface area contributed by atoms with E-state index >= 15 is 0 Å². The molecule has 3 aromatic rings. The summed E-state index contributed by atoms with van der Waals surface area (Å²) in [7, 11) is 0. The van der Waals surface area contributed by atoms with Gasteiger partial charge in [0.2, 0.25) is 5.95 Å². The third-order valence-electron chi connectivity index (χ3n) is 7.77. The zero-order valence-electron chi connectivity index (χ0n) is 20.0. The van der Waals surface area contributed by atoms with Crippen molar-refractivity contribution in [2.24, 2.45) is 5.92 Å². The highest BCUT2D eigenvalue weighted by atomic mass is 32.2. The second-order valence-electron chi connectivity index (χ2n) is 10.4. The molecule has 3 fully saturated rings. The lowest BCUT2D eigenvalue weighted by molar-refractivity contribution is 0.111. The number of hydrogen-bond donors (Lipinski definition) is 2. The number of nitrogens with zero attached hydrogens (tertiary/aromatic N) is 4. The highest BCUT2D eigenvalue weighted by Crippen LogP contribution is 2.33. The summed E-state index contributed by atoms with van der Waals surface area (Å²) in [5.41, 5.74) is 1.77. The Bertz CT molecular complexity index is 1280. The highest BCUT2D eigenvalue weighted by molar-refractivity contribution is 7.91. The fourth-order valence-electron chi connectivity index (χ4n) is 5.46. The van der Waals surface area contributed by atoms with Crippen molar-refractivity contribution in [3.8, 4) is 0 Å². The molecule has 1 aliphatic heterocycles. The summed E-state index contributed by atoms with van der Waals surface area (Å²) in [6.07, 6.45) is 6.99. The molecule has 6 rings (SSSR count). The van der Waals surface area contributed by atoms with Crippen molar-refractivity contribution in [1.29, 1.82) is 0 Å². The Morgan fingerprint density at radius 2 is 1.83 bits per heavy atom. The van der Waals surface area contributed by atoms with Gasteiger partial charge in [-0.2, -0.15) is 4.98 Å². The van der Waals surface area contributed by atoms with Crippen LogP contribution in [0.3, 0.4) is 0 Å². The molecule has 0 unspecified atom stereocenters. The number of pyridine rings is 1. The van der Waals surface area contributed by atoms with Crippen molar-refractivity contribution in [3.63, 3.8) is 0 Å². The minimum atomic E-state index is -0.704. The van der Waals surface area contributed by atoms with E-state index in [1.54, 1.807) is 0 Å². The maximum absolute atomic E-state index is 14.0. The van der Waals surface area contributed by atoms with Crippen molar-refractivity contribution in [2.45, 2.75) is 57.2 Å². The first-order valence-corrected chi connectivity index (χ1v) is 14.4. The molecule has 2 aromatic heterocycles. The summed E-state index contributed by atoms with van der Waals surface area (Å²) in [5.74, 6) is 2.71. The number of fused-ring (bicyclic) bond motifs is 3. The molecular formula is C26H33N5O3S. The normalized spacial score (nSPS) is 24.3. The minimum absolute atomic E-state index is 0.0117. The third-order valence-corrected chi connectivity index (χ3v) is 9.05. The molecule has 8 nitrogen and oxygen atoms in total. The Hall–Kier alpha value is -2.20. The lowest BCUT2D eigenvalue weighted by atomic mass is 9.92. The molecule has 3 heterocycles. The molecule has 0 radical (unpaired) electrons. The van der Waals surface area contributed by atoms with E-state index in [0.717, 1.165) is 55.4 Å². The topological polar surface area (TPSA) is 106 Å². The van der Waals surface area contributed by atoms with Gasteiger partial charge in [0.25, 0.3) is 5.56 Å². The number of hydrogen-bond acceptors (Lipinski definition) is 7. The molecule has 2 N–H and O–H groups in total. The second kappa shape index (κ2) is 9.69. The average molecular weight is 496 g/mol. The summed E-state index contributed by atoms with van der Waals surface area (Å²) in [4.78, 5) is 25.7. The largest absolute Gasteiger partial charge is 0.616 e. The maximum atomic E-state index is 14.0. The maximum Gasteiger partial charge on any atom is 0.260 e. The van der Waals surface area contributed by atoms with Gasteiger partial charge in [-0.25, -0.2) is 4.98 Å². The molecule has 2 saturated carbocycles. The summed E-state index contributed by atoms with van der Waals surface area (Å²) in [5, 5.41) is 15.9. The van der Waals surface area contributed by atoms with Crippen LogP contribution in [0.2, 0.25) is 0 Å². The fraction of sp³-hybridized carbons (Fsp3) is 0.577. The summed E-state index contributed by atoms with van der Waals surface area (Å²) < 4.78 is 13.6. The fourth-order valence-corrected chi connectivity index (χ4v) is 6.59. The van der Waals surface area contributed by atoms with E-state index in [1.165, 1.54) is 12.8 Å². The third kappa shape index (κ3) is 4.91. The lowest BCUT2D eigenvalue weighted by Gasteiger charge is -2.29. The number of benzene rings is 1. The molecule has 0 spiro atoms. The molecule has 186 valence electrons. The van der Waals surface area contributed by atoms with E-state index in [4.69, 9.17) is 4.98 Å². The lowest BCUT2D eigenvalue weighted by Crippen LogP contribution is -2.39. The van der Waals surface area contributed by atoms with Crippen LogP contribution in [0.1, 0.15) is 50.1 Å². The van der Waals surface area contributed by atoms with Crippen LogP contribution in [0.4, 0.5) is 5.95 Å². The van der Waals surface area contributed by atoms with E-state index in [0.29, 0.717) is 47.2 Å². The van der Waals surface area contributed by atoms with E-state index in [-0.39, 0.29) is 17.7 Å². The zero-order valence-corrected chi connectivity index (χ0v) is 20.8. The molecule has 0 bridgehead atoms. The standard InChI is InChI=1S/C26H33N5O3S/c32-20-6-4-19(5-7-20)31-24-23(15-28-26(29-24)27-14-17-1-2-17)21-8-3-18(13-22(21)25(31)33)16-30-9-11-35(34)12-10-30/h3,8,13,15,17,19-20,32H,1-2,4-7,9-12,14,16H2,(H,27,28,29). The highest BCUT2D eigenvalue weighted by Gasteiger charge is 2.26. The van der Waals surface area contributed by atoms with Crippen molar-refractivity contribution in [3.05, 3.63) is 40.3 Å². The van der Waals surface area contributed by atoms with E-state index in [2.05, 4.69) is 21.3 Å². The van der Waals surface area contributed by atoms with Gasteiger partial charge in [-0.15, -0.1) is 0 Å². The number of anilines is 1. The van der Waals surface area contributed by atoms with Crippen molar-refractivity contribution >= 4 is 38.9 Å². The van der Waals surface area contributed by atoms with Crippen LogP contribution in [0, 0.1) is 5.92 Å². The SMILES string of the molecule is O=c1c2cc(CN3CC[S+]([O-])CC3)ccc2c2cnc(NCC3CC3)nc2n1C1CCC(O)CC1. The van der Waals surface area contributed by atoms with Crippen molar-refractivity contribution < 1.29 is 9.66 Å². The molecule has 35 heavy (non-hydrogen) atoms. The van der Waals surface area contributed by atoms with Crippen LogP contribution in [-0.2, 0) is 17.7 Å². The van der Waals surface area contributed by atoms with Gasteiger partial charge < -0.3 is 15.0 Å². The van der Waals surface area contributed by atoms with Crippen LogP contribution >= 0.6 is 0 Å². The number of aliphatic hydroxyl groups is 1. The number of nitrogens with one attached hydrogen (secondary N) is 1. The first kappa shape index (κ1) is 23.2. The van der Waals surface area contributed by atoms with Gasteiger partial charge in [-0.1, -0.05) is 23.3 Å². The first-order chi connectivity index (χ1) is 17.0. The number of aromatic nitrogens is 3. The van der Waals surface area contributed by atoms with Gasteiger partial charge in [0, 0.05) is 49.2 Å². The molecule has 1 saturated heterocycles. The quantitative estimate of drug-likeness (QED) is 0.400.